The molecule has 3 rings (SSSR count). The molecule has 20 heavy (non-hydrogen) atoms. The monoisotopic (exact) mass is 334 g/mol. The number of fused-ring (bicyclic) bond motifs is 1. The van der Waals surface area contributed by atoms with Crippen LogP contribution in [-0.2, 0) is 0 Å². The lowest BCUT2D eigenvalue weighted by Gasteiger charge is -2.09. The molecular weight excluding hydrogens is 323 g/mol. The first-order chi connectivity index (χ1) is 9.56. The van der Waals surface area contributed by atoms with Crippen LogP contribution in [0, 0.1) is 5.82 Å². The van der Waals surface area contributed by atoms with Gasteiger partial charge in [-0.25, -0.2) is 14.4 Å². The lowest BCUT2D eigenvalue weighted by Crippen LogP contribution is -2.10. The molecule has 0 spiro atoms. The molecule has 3 aromatic rings. The van der Waals surface area contributed by atoms with E-state index in [0.29, 0.717) is 21.5 Å². The highest BCUT2D eigenvalue weighted by molar-refractivity contribution is 9.10. The molecule has 4 nitrogen and oxygen atoms in total. The predicted molar refractivity (Wildman–Crippen MR) is 81.3 cm³/mol. The van der Waals surface area contributed by atoms with E-state index in [0.717, 1.165) is 11.3 Å². The molecule has 0 fully saturated rings. The van der Waals surface area contributed by atoms with Gasteiger partial charge >= 0.3 is 0 Å². The summed E-state index contributed by atoms with van der Waals surface area (Å²) in [5, 5.41) is 0. The van der Waals surface area contributed by atoms with Crippen molar-refractivity contribution in [3.8, 4) is 11.4 Å². The van der Waals surface area contributed by atoms with Crippen molar-refractivity contribution in [1.29, 1.82) is 0 Å². The summed E-state index contributed by atoms with van der Waals surface area (Å²) in [6.07, 6.45) is 0. The zero-order valence-electron chi connectivity index (χ0n) is 11.0. The van der Waals surface area contributed by atoms with Crippen molar-refractivity contribution in [2.24, 2.45) is 0 Å². The van der Waals surface area contributed by atoms with E-state index in [9.17, 15) is 4.39 Å². The zero-order valence-corrected chi connectivity index (χ0v) is 12.6. The summed E-state index contributed by atoms with van der Waals surface area (Å²) in [6, 6.07) is 8.68. The first-order valence-corrected chi connectivity index (χ1v) is 6.84. The quantitative estimate of drug-likeness (QED) is 0.778. The standard InChI is InChI=1S/C14H12BrFN4/c1-20(2)11-7-6-10-14(18-11)19-13(17-10)8-4-3-5-9(16)12(8)15/h3-7H,1-2H3,(H,17,18,19). The average molecular weight is 335 g/mol. The Morgan fingerprint density at radius 3 is 2.70 bits per heavy atom. The van der Waals surface area contributed by atoms with Gasteiger partial charge in [0.1, 0.15) is 17.5 Å². The van der Waals surface area contributed by atoms with Crippen LogP contribution in [0.5, 0.6) is 0 Å². The zero-order chi connectivity index (χ0) is 14.3. The van der Waals surface area contributed by atoms with Gasteiger partial charge in [-0.15, -0.1) is 0 Å². The highest BCUT2D eigenvalue weighted by Crippen LogP contribution is 2.29. The van der Waals surface area contributed by atoms with Crippen molar-refractivity contribution >= 4 is 32.9 Å². The fraction of sp³-hybridized carbons (Fsp3) is 0.143. The Morgan fingerprint density at radius 2 is 1.95 bits per heavy atom. The second kappa shape index (κ2) is 4.86. The van der Waals surface area contributed by atoms with Crippen LogP contribution < -0.4 is 4.90 Å². The maximum Gasteiger partial charge on any atom is 0.180 e. The van der Waals surface area contributed by atoms with Gasteiger partial charge in [-0.2, -0.15) is 0 Å². The number of nitrogens with one attached hydrogen (secondary N) is 1. The molecule has 0 amide bonds. The molecule has 0 aliphatic carbocycles. The Bertz CT molecular complexity index is 782. The molecule has 2 heterocycles. The van der Waals surface area contributed by atoms with E-state index in [1.807, 2.05) is 31.1 Å². The van der Waals surface area contributed by atoms with Gasteiger partial charge in [0.25, 0.3) is 0 Å². The van der Waals surface area contributed by atoms with Gasteiger partial charge in [0.05, 0.1) is 9.99 Å². The van der Waals surface area contributed by atoms with E-state index >= 15 is 0 Å². The smallest absolute Gasteiger partial charge is 0.180 e. The number of nitrogens with zero attached hydrogens (tertiary/aromatic N) is 3. The largest absolute Gasteiger partial charge is 0.363 e. The Kier molecular flexibility index (Phi) is 3.17. The number of pyridine rings is 1. The van der Waals surface area contributed by atoms with Gasteiger partial charge in [-0.3, -0.25) is 0 Å². The maximum atomic E-state index is 13.6. The third-order valence-corrected chi connectivity index (χ3v) is 3.80. The van der Waals surface area contributed by atoms with Crippen LogP contribution in [0.1, 0.15) is 0 Å². The van der Waals surface area contributed by atoms with Crippen molar-refractivity contribution in [2.75, 3.05) is 19.0 Å². The van der Waals surface area contributed by atoms with Crippen LogP contribution in [0.4, 0.5) is 10.2 Å². The number of H-pyrrole nitrogens is 1. The van der Waals surface area contributed by atoms with E-state index in [2.05, 4.69) is 30.9 Å². The number of benzene rings is 1. The Hall–Kier alpha value is -1.95. The number of hydrogen-bond donors (Lipinski definition) is 1. The first kappa shape index (κ1) is 13.1. The van der Waals surface area contributed by atoms with Crippen LogP contribution in [-0.4, -0.2) is 29.0 Å². The summed E-state index contributed by atoms with van der Waals surface area (Å²) in [7, 11) is 3.84. The van der Waals surface area contributed by atoms with Gasteiger partial charge in [0, 0.05) is 19.7 Å². The number of hydrogen-bond acceptors (Lipinski definition) is 3. The topological polar surface area (TPSA) is 44.8 Å². The molecule has 0 saturated carbocycles. The van der Waals surface area contributed by atoms with Gasteiger partial charge < -0.3 is 9.88 Å². The van der Waals surface area contributed by atoms with E-state index in [4.69, 9.17) is 0 Å². The summed E-state index contributed by atoms with van der Waals surface area (Å²) < 4.78 is 14.0. The van der Waals surface area contributed by atoms with Crippen LogP contribution in [0.25, 0.3) is 22.6 Å². The maximum absolute atomic E-state index is 13.6. The van der Waals surface area contributed by atoms with Crippen LogP contribution in [0.3, 0.4) is 0 Å². The number of halogens is 2. The third kappa shape index (κ3) is 2.16. The lowest BCUT2D eigenvalue weighted by molar-refractivity contribution is 0.621. The summed E-state index contributed by atoms with van der Waals surface area (Å²) in [5.41, 5.74) is 2.11. The molecule has 0 atom stereocenters. The second-order valence-electron chi connectivity index (χ2n) is 4.62. The average Bonchev–Trinajstić information content (AvgIpc) is 2.84. The molecule has 102 valence electrons. The number of aromatic amines is 1. The minimum atomic E-state index is -0.315. The van der Waals surface area contributed by atoms with Gasteiger partial charge in [0.2, 0.25) is 0 Å². The van der Waals surface area contributed by atoms with Crippen LogP contribution >= 0.6 is 15.9 Å². The molecule has 0 radical (unpaired) electrons. The molecule has 0 aliphatic rings. The van der Waals surface area contributed by atoms with Crippen molar-refractivity contribution in [2.45, 2.75) is 0 Å². The first-order valence-electron chi connectivity index (χ1n) is 6.05. The normalized spacial score (nSPS) is 11.0. The molecule has 0 unspecified atom stereocenters. The minimum absolute atomic E-state index is 0.315. The van der Waals surface area contributed by atoms with E-state index in [1.165, 1.54) is 6.07 Å². The number of rotatable bonds is 2. The van der Waals surface area contributed by atoms with Gasteiger partial charge in [-0.1, -0.05) is 6.07 Å². The molecule has 2 aromatic heterocycles. The van der Waals surface area contributed by atoms with Crippen molar-refractivity contribution in [3.63, 3.8) is 0 Å². The molecule has 1 N–H and O–H groups in total. The minimum Gasteiger partial charge on any atom is -0.363 e. The molecule has 0 aliphatic heterocycles. The summed E-state index contributed by atoms with van der Waals surface area (Å²) in [5.74, 6) is 1.11. The lowest BCUT2D eigenvalue weighted by atomic mass is 10.2. The molecule has 6 heteroatoms. The van der Waals surface area contributed by atoms with Crippen molar-refractivity contribution in [3.05, 3.63) is 40.6 Å². The van der Waals surface area contributed by atoms with Gasteiger partial charge in [0.15, 0.2) is 5.65 Å². The van der Waals surface area contributed by atoms with E-state index in [-0.39, 0.29) is 5.82 Å². The highest BCUT2D eigenvalue weighted by Gasteiger charge is 2.12. The fourth-order valence-corrected chi connectivity index (χ4v) is 2.40. The SMILES string of the molecule is CN(C)c1ccc2[nH]c(-c3cccc(F)c3Br)nc2n1. The number of imidazole rings is 1. The molecular formula is C14H12BrFN4. The Morgan fingerprint density at radius 1 is 1.15 bits per heavy atom. The third-order valence-electron chi connectivity index (χ3n) is 3.00. The fourth-order valence-electron chi connectivity index (χ4n) is 1.95. The summed E-state index contributed by atoms with van der Waals surface area (Å²) in [6.45, 7) is 0. The number of anilines is 1. The molecule has 1 aromatic carbocycles. The highest BCUT2D eigenvalue weighted by atomic mass is 79.9. The summed E-state index contributed by atoms with van der Waals surface area (Å²) in [4.78, 5) is 14.0. The predicted octanol–water partition coefficient (Wildman–Crippen LogP) is 3.59. The van der Waals surface area contributed by atoms with Crippen LogP contribution in [0.15, 0.2) is 34.8 Å². The van der Waals surface area contributed by atoms with Crippen molar-refractivity contribution < 1.29 is 4.39 Å². The van der Waals surface area contributed by atoms with E-state index < -0.39 is 0 Å². The second-order valence-corrected chi connectivity index (χ2v) is 5.41. The Balaban J connectivity index is 2.15. The number of aromatic nitrogens is 3. The summed E-state index contributed by atoms with van der Waals surface area (Å²) >= 11 is 3.25. The molecule has 0 bridgehead atoms. The van der Waals surface area contributed by atoms with Crippen molar-refractivity contribution in [1.82, 2.24) is 15.0 Å². The van der Waals surface area contributed by atoms with Gasteiger partial charge in [-0.05, 0) is 40.2 Å². The van der Waals surface area contributed by atoms with Crippen LogP contribution in [0.2, 0.25) is 0 Å². The van der Waals surface area contributed by atoms with E-state index in [1.54, 1.807) is 12.1 Å². The Labute approximate surface area is 123 Å². The molecule has 0 saturated heterocycles.